The third-order valence-electron chi connectivity index (χ3n) is 3.29. The molecule has 1 aromatic rings. The van der Waals surface area contributed by atoms with Gasteiger partial charge < -0.3 is 4.90 Å². The van der Waals surface area contributed by atoms with Gasteiger partial charge in [-0.25, -0.2) is 8.42 Å². The molecule has 0 saturated heterocycles. The summed E-state index contributed by atoms with van der Waals surface area (Å²) in [6.45, 7) is 4.47. The van der Waals surface area contributed by atoms with Crippen LogP contribution in [0.1, 0.15) is 42.1 Å². The summed E-state index contributed by atoms with van der Waals surface area (Å²) in [7, 11) is 1.55. The fourth-order valence-corrected chi connectivity index (χ4v) is 3.12. The first-order valence-corrected chi connectivity index (χ1v) is 9.01. The van der Waals surface area contributed by atoms with Gasteiger partial charge in [0.1, 0.15) is 0 Å². The van der Waals surface area contributed by atoms with Crippen LogP contribution in [0.2, 0.25) is 0 Å². The van der Waals surface area contributed by atoms with Crippen LogP contribution in [-0.2, 0) is 9.05 Å². The summed E-state index contributed by atoms with van der Waals surface area (Å²) in [5, 5.41) is 0. The summed E-state index contributed by atoms with van der Waals surface area (Å²) in [4.78, 5) is 14.3. The van der Waals surface area contributed by atoms with Gasteiger partial charge in [0, 0.05) is 28.8 Å². The average Bonchev–Trinajstić information content (AvgIpc) is 3.17. The van der Waals surface area contributed by atoms with E-state index in [1.54, 1.807) is 13.0 Å². The zero-order chi connectivity index (χ0) is 14.9. The maximum Gasteiger partial charge on any atom is 0.261 e. The first-order chi connectivity index (χ1) is 9.32. The topological polar surface area (TPSA) is 54.5 Å². The Morgan fingerprint density at radius 2 is 2.00 bits per heavy atom. The van der Waals surface area contributed by atoms with E-state index in [9.17, 15) is 13.2 Å². The molecule has 0 spiro atoms. The Hall–Kier alpha value is -1.07. The lowest BCUT2D eigenvalue weighted by atomic mass is 10.1. The van der Waals surface area contributed by atoms with E-state index in [2.05, 4.69) is 0 Å². The lowest BCUT2D eigenvalue weighted by molar-refractivity contribution is 0.0743. The average molecular weight is 316 g/mol. The van der Waals surface area contributed by atoms with Crippen LogP contribution in [0.25, 0.3) is 0 Å². The molecule has 0 atom stereocenters. The van der Waals surface area contributed by atoms with Crippen molar-refractivity contribution in [1.82, 2.24) is 4.90 Å². The third-order valence-corrected chi connectivity index (χ3v) is 4.63. The van der Waals surface area contributed by atoms with Crippen molar-refractivity contribution in [3.8, 4) is 0 Å². The van der Waals surface area contributed by atoms with Crippen molar-refractivity contribution in [2.24, 2.45) is 0 Å². The Morgan fingerprint density at radius 1 is 1.35 bits per heavy atom. The molecule has 0 unspecified atom stereocenters. The number of carbonyl (C=O) groups excluding carboxylic acids is 1. The number of nitrogens with zero attached hydrogens (tertiary/aromatic N) is 1. The van der Waals surface area contributed by atoms with Crippen molar-refractivity contribution in [3.63, 3.8) is 0 Å². The van der Waals surface area contributed by atoms with Crippen LogP contribution in [-0.4, -0.2) is 31.8 Å². The summed E-state index contributed by atoms with van der Waals surface area (Å²) in [5.74, 6) is -0.111. The van der Waals surface area contributed by atoms with Gasteiger partial charge in [0.2, 0.25) is 0 Å². The zero-order valence-corrected chi connectivity index (χ0v) is 13.2. The quantitative estimate of drug-likeness (QED) is 0.785. The van der Waals surface area contributed by atoms with Crippen LogP contribution in [0.15, 0.2) is 23.1 Å². The van der Waals surface area contributed by atoms with Crippen molar-refractivity contribution < 1.29 is 13.2 Å². The van der Waals surface area contributed by atoms with Crippen LogP contribution >= 0.6 is 10.7 Å². The minimum Gasteiger partial charge on any atom is -0.336 e. The Kier molecular flexibility index (Phi) is 4.39. The largest absolute Gasteiger partial charge is 0.336 e. The lowest BCUT2D eigenvalue weighted by Crippen LogP contribution is -2.33. The highest BCUT2D eigenvalue weighted by Crippen LogP contribution is 2.29. The highest BCUT2D eigenvalue weighted by molar-refractivity contribution is 8.13. The number of carbonyl (C=O) groups is 1. The summed E-state index contributed by atoms with van der Waals surface area (Å²) < 4.78 is 22.9. The molecule has 0 aromatic heterocycles. The number of benzene rings is 1. The van der Waals surface area contributed by atoms with Crippen LogP contribution in [0, 0.1) is 6.92 Å². The number of rotatable bonds is 5. The van der Waals surface area contributed by atoms with E-state index in [1.807, 2.05) is 11.8 Å². The molecule has 0 radical (unpaired) electrons. The zero-order valence-electron chi connectivity index (χ0n) is 11.6. The van der Waals surface area contributed by atoms with Gasteiger partial charge >= 0.3 is 0 Å². The van der Waals surface area contributed by atoms with Crippen molar-refractivity contribution in [2.75, 3.05) is 6.54 Å². The number of aryl methyl sites for hydroxylation is 1. The molecule has 4 nitrogen and oxygen atoms in total. The number of amides is 1. The van der Waals surface area contributed by atoms with Crippen molar-refractivity contribution >= 4 is 25.6 Å². The second-order valence-electron chi connectivity index (χ2n) is 5.20. The predicted octanol–water partition coefficient (Wildman–Crippen LogP) is 2.94. The first-order valence-electron chi connectivity index (χ1n) is 6.70. The molecule has 2 rings (SSSR count). The molecule has 110 valence electrons. The molecule has 1 aliphatic rings. The van der Waals surface area contributed by atoms with E-state index in [0.29, 0.717) is 23.7 Å². The molecule has 0 N–H and O–H groups in total. The van der Waals surface area contributed by atoms with E-state index in [1.165, 1.54) is 12.1 Å². The minimum absolute atomic E-state index is 0.0187. The Bertz CT molecular complexity index is 623. The van der Waals surface area contributed by atoms with Crippen LogP contribution in [0.3, 0.4) is 0 Å². The molecular weight excluding hydrogens is 298 g/mol. The second-order valence-corrected chi connectivity index (χ2v) is 7.77. The van der Waals surface area contributed by atoms with E-state index in [-0.39, 0.29) is 10.8 Å². The molecule has 20 heavy (non-hydrogen) atoms. The van der Waals surface area contributed by atoms with E-state index < -0.39 is 9.05 Å². The highest BCUT2D eigenvalue weighted by Gasteiger charge is 2.32. The number of hydrogen-bond donors (Lipinski definition) is 0. The fourth-order valence-electron chi connectivity index (χ4n) is 2.26. The van der Waals surface area contributed by atoms with Gasteiger partial charge in [0.05, 0.1) is 4.90 Å². The molecule has 1 amide bonds. The third kappa shape index (κ3) is 3.52. The SMILES string of the molecule is CCCN(C(=O)c1cc(C)cc(S(=O)(=O)Cl)c1)C1CC1. The molecule has 1 fully saturated rings. The predicted molar refractivity (Wildman–Crippen MR) is 78.6 cm³/mol. The van der Waals surface area contributed by atoms with Crippen LogP contribution in [0.5, 0.6) is 0 Å². The molecular formula is C14H18ClNO3S. The summed E-state index contributed by atoms with van der Waals surface area (Å²) in [5.41, 5.74) is 1.10. The van der Waals surface area contributed by atoms with Crippen molar-refractivity contribution in [2.45, 2.75) is 44.0 Å². The molecule has 1 saturated carbocycles. The van der Waals surface area contributed by atoms with E-state index in [4.69, 9.17) is 10.7 Å². The van der Waals surface area contributed by atoms with Gasteiger partial charge in [-0.3, -0.25) is 4.79 Å². The van der Waals surface area contributed by atoms with Gasteiger partial charge in [0.15, 0.2) is 0 Å². The highest BCUT2D eigenvalue weighted by atomic mass is 35.7. The molecule has 6 heteroatoms. The lowest BCUT2D eigenvalue weighted by Gasteiger charge is -2.22. The van der Waals surface area contributed by atoms with Gasteiger partial charge in [0.25, 0.3) is 15.0 Å². The van der Waals surface area contributed by atoms with E-state index >= 15 is 0 Å². The van der Waals surface area contributed by atoms with Gasteiger partial charge in [-0.2, -0.15) is 0 Å². The summed E-state index contributed by atoms with van der Waals surface area (Å²) in [6.07, 6.45) is 2.94. The van der Waals surface area contributed by atoms with Crippen molar-refractivity contribution in [1.29, 1.82) is 0 Å². The summed E-state index contributed by atoms with van der Waals surface area (Å²) in [6, 6.07) is 4.85. The molecule has 0 aliphatic heterocycles. The number of hydrogen-bond acceptors (Lipinski definition) is 3. The van der Waals surface area contributed by atoms with Gasteiger partial charge in [-0.1, -0.05) is 6.92 Å². The van der Waals surface area contributed by atoms with Gasteiger partial charge in [-0.05, 0) is 49.9 Å². The van der Waals surface area contributed by atoms with Crippen LogP contribution < -0.4 is 0 Å². The van der Waals surface area contributed by atoms with Crippen molar-refractivity contribution in [3.05, 3.63) is 29.3 Å². The first kappa shape index (κ1) is 15.3. The molecule has 0 heterocycles. The molecule has 1 aromatic carbocycles. The van der Waals surface area contributed by atoms with E-state index in [0.717, 1.165) is 19.3 Å². The minimum atomic E-state index is -3.82. The maximum atomic E-state index is 12.5. The molecule has 0 bridgehead atoms. The van der Waals surface area contributed by atoms with Crippen LogP contribution in [0.4, 0.5) is 0 Å². The fraction of sp³-hybridized carbons (Fsp3) is 0.500. The second kappa shape index (κ2) is 5.74. The number of halogens is 1. The maximum absolute atomic E-state index is 12.5. The Balaban J connectivity index is 2.36. The normalized spacial score (nSPS) is 15.2. The Morgan fingerprint density at radius 3 is 2.50 bits per heavy atom. The standard InChI is InChI=1S/C14H18ClNO3S/c1-3-6-16(12-4-5-12)14(17)11-7-10(2)8-13(9-11)20(15,18)19/h7-9,12H,3-6H2,1-2H3. The smallest absolute Gasteiger partial charge is 0.261 e. The molecule has 1 aliphatic carbocycles. The Labute approximate surface area is 124 Å². The monoisotopic (exact) mass is 315 g/mol. The summed E-state index contributed by atoms with van der Waals surface area (Å²) >= 11 is 0. The van der Waals surface area contributed by atoms with Gasteiger partial charge in [-0.15, -0.1) is 0 Å².